The second-order valence-electron chi connectivity index (χ2n) is 9.53. The Morgan fingerprint density at radius 1 is 1.00 bits per heavy atom. The number of fused-ring (bicyclic) bond motifs is 1. The lowest BCUT2D eigenvalue weighted by atomic mass is 10.1. The first-order valence-electron chi connectivity index (χ1n) is 13.0. The molecule has 5 aromatic rings. The number of rotatable bonds is 11. The van der Waals surface area contributed by atoms with Gasteiger partial charge in [-0.2, -0.15) is 0 Å². The molecule has 0 saturated carbocycles. The van der Waals surface area contributed by atoms with Crippen LogP contribution in [0.1, 0.15) is 41.9 Å². The minimum absolute atomic E-state index is 0.168. The number of aryl methyl sites for hydroxylation is 2. The molecule has 0 amide bonds. The molecule has 200 valence electrons. The molecule has 0 aliphatic carbocycles. The van der Waals surface area contributed by atoms with Gasteiger partial charge in [0.25, 0.3) is 5.56 Å². The maximum absolute atomic E-state index is 13.7. The number of halogens is 1. The van der Waals surface area contributed by atoms with Crippen molar-refractivity contribution in [2.24, 2.45) is 0 Å². The van der Waals surface area contributed by atoms with Crippen LogP contribution in [0.3, 0.4) is 0 Å². The summed E-state index contributed by atoms with van der Waals surface area (Å²) in [7, 11) is 1.60. The fourth-order valence-electron chi connectivity index (χ4n) is 4.88. The molecule has 0 aliphatic heterocycles. The van der Waals surface area contributed by atoms with Gasteiger partial charge in [-0.05, 0) is 70.1 Å². The van der Waals surface area contributed by atoms with Crippen LogP contribution in [0.4, 0.5) is 4.39 Å². The molecule has 1 N–H and O–H groups in total. The van der Waals surface area contributed by atoms with Crippen molar-refractivity contribution < 1.29 is 9.13 Å². The van der Waals surface area contributed by atoms with Crippen molar-refractivity contribution in [2.75, 3.05) is 7.11 Å². The summed E-state index contributed by atoms with van der Waals surface area (Å²) in [5, 5.41) is 13.6. The summed E-state index contributed by atoms with van der Waals surface area (Å²) in [6.07, 6.45) is 1.51. The van der Waals surface area contributed by atoms with Gasteiger partial charge in [0.15, 0.2) is 5.82 Å². The van der Waals surface area contributed by atoms with Gasteiger partial charge in [-0.15, -0.1) is 5.10 Å². The quantitative estimate of drug-likeness (QED) is 0.259. The zero-order valence-electron chi connectivity index (χ0n) is 22.0. The zero-order chi connectivity index (χ0) is 27.2. The predicted molar refractivity (Wildman–Crippen MR) is 148 cm³/mol. The molecule has 1 atom stereocenters. The highest BCUT2D eigenvalue weighted by atomic mass is 19.1. The van der Waals surface area contributed by atoms with Crippen molar-refractivity contribution in [3.8, 4) is 5.75 Å². The Hall–Kier alpha value is -4.37. The van der Waals surface area contributed by atoms with Crippen LogP contribution in [0.5, 0.6) is 5.75 Å². The second-order valence-corrected chi connectivity index (χ2v) is 9.53. The van der Waals surface area contributed by atoms with E-state index in [0.29, 0.717) is 36.5 Å². The molecule has 0 spiro atoms. The number of aromatic nitrogens is 5. The summed E-state index contributed by atoms with van der Waals surface area (Å²) in [4.78, 5) is 18.3. The molecule has 0 aliphatic rings. The van der Waals surface area contributed by atoms with Gasteiger partial charge in [0.1, 0.15) is 11.6 Å². The van der Waals surface area contributed by atoms with Gasteiger partial charge in [-0.25, -0.2) is 9.07 Å². The van der Waals surface area contributed by atoms with E-state index in [4.69, 9.17) is 4.74 Å². The normalized spacial score (nSPS) is 12.2. The number of H-pyrrole nitrogens is 1. The third kappa shape index (κ3) is 6.21. The maximum Gasteiger partial charge on any atom is 0.252 e. The van der Waals surface area contributed by atoms with Gasteiger partial charge in [0.2, 0.25) is 0 Å². The Labute approximate surface area is 226 Å². The Morgan fingerprint density at radius 2 is 1.79 bits per heavy atom. The minimum Gasteiger partial charge on any atom is -0.497 e. The average molecular weight is 527 g/mol. The topological polar surface area (TPSA) is 88.9 Å². The number of tetrazole rings is 1. The molecular formula is C30H31FN6O2. The van der Waals surface area contributed by atoms with Crippen LogP contribution in [0, 0.1) is 5.82 Å². The highest BCUT2D eigenvalue weighted by molar-refractivity contribution is 5.80. The molecule has 3 aromatic carbocycles. The monoisotopic (exact) mass is 526 g/mol. The molecular weight excluding hydrogens is 495 g/mol. The van der Waals surface area contributed by atoms with Crippen LogP contribution in [-0.4, -0.2) is 37.2 Å². The van der Waals surface area contributed by atoms with Crippen molar-refractivity contribution in [2.45, 2.75) is 45.4 Å². The average Bonchev–Trinajstić information content (AvgIpc) is 3.42. The molecule has 0 bridgehead atoms. The molecule has 39 heavy (non-hydrogen) atoms. The van der Waals surface area contributed by atoms with Crippen LogP contribution in [0.2, 0.25) is 0 Å². The Bertz CT molecular complexity index is 1580. The lowest BCUT2D eigenvalue weighted by Gasteiger charge is -2.30. The summed E-state index contributed by atoms with van der Waals surface area (Å²) in [5.41, 5.74) is 3.30. The summed E-state index contributed by atoms with van der Waals surface area (Å²) in [6, 6.07) is 24.0. The number of ether oxygens (including phenoxy) is 1. The first-order valence-corrected chi connectivity index (χ1v) is 13.0. The van der Waals surface area contributed by atoms with Crippen molar-refractivity contribution in [3.63, 3.8) is 0 Å². The molecule has 5 rings (SSSR count). The van der Waals surface area contributed by atoms with E-state index in [0.717, 1.165) is 29.6 Å². The molecule has 8 nitrogen and oxygen atoms in total. The number of benzene rings is 3. The lowest BCUT2D eigenvalue weighted by molar-refractivity contribution is 0.160. The highest BCUT2D eigenvalue weighted by Crippen LogP contribution is 2.27. The van der Waals surface area contributed by atoms with Gasteiger partial charge in [0.05, 0.1) is 18.7 Å². The molecule has 2 heterocycles. The Kier molecular flexibility index (Phi) is 8.07. The van der Waals surface area contributed by atoms with E-state index < -0.39 is 0 Å². The summed E-state index contributed by atoms with van der Waals surface area (Å²) < 4.78 is 20.8. The van der Waals surface area contributed by atoms with Crippen molar-refractivity contribution in [3.05, 3.63) is 118 Å². The Morgan fingerprint density at radius 3 is 2.54 bits per heavy atom. The number of hydrogen-bond donors (Lipinski definition) is 1. The van der Waals surface area contributed by atoms with E-state index in [-0.39, 0.29) is 17.4 Å². The highest BCUT2D eigenvalue weighted by Gasteiger charge is 2.26. The fourth-order valence-corrected chi connectivity index (χ4v) is 4.88. The summed E-state index contributed by atoms with van der Waals surface area (Å²) >= 11 is 0. The number of pyridine rings is 1. The number of nitrogens with one attached hydrogen (secondary N) is 1. The van der Waals surface area contributed by atoms with Gasteiger partial charge in [0, 0.05) is 31.3 Å². The number of aromatic amines is 1. The minimum atomic E-state index is -0.288. The Balaban J connectivity index is 1.47. The van der Waals surface area contributed by atoms with Gasteiger partial charge in [-0.3, -0.25) is 9.69 Å². The fraction of sp³-hybridized carbons (Fsp3) is 0.267. The maximum atomic E-state index is 13.7. The van der Waals surface area contributed by atoms with Gasteiger partial charge < -0.3 is 9.72 Å². The first kappa shape index (κ1) is 26.2. The number of methoxy groups -OCH3 is 1. The van der Waals surface area contributed by atoms with Crippen molar-refractivity contribution in [1.82, 2.24) is 30.1 Å². The molecule has 0 unspecified atom stereocenters. The van der Waals surface area contributed by atoms with Crippen molar-refractivity contribution in [1.29, 1.82) is 0 Å². The standard InChI is InChI=1S/C30H31FN6O2/c1-3-28(29-33-34-35-37(29)16-15-21-7-5-4-6-8-21)36(19-22-9-12-25(31)13-10-22)20-24-17-23-11-14-26(39-2)18-27(23)32-30(24)38/h4-14,17-18,28H,3,15-16,19-20H2,1-2H3,(H,32,38)/t28-/m0/s1. The van der Waals surface area contributed by atoms with E-state index >= 15 is 0 Å². The molecule has 2 aromatic heterocycles. The van der Waals surface area contributed by atoms with Crippen molar-refractivity contribution >= 4 is 10.9 Å². The first-order chi connectivity index (χ1) is 19.0. The van der Waals surface area contributed by atoms with Gasteiger partial charge in [-0.1, -0.05) is 49.4 Å². The number of nitrogens with zero attached hydrogens (tertiary/aromatic N) is 5. The zero-order valence-corrected chi connectivity index (χ0v) is 22.0. The van der Waals surface area contributed by atoms with Crippen LogP contribution in [0.15, 0.2) is 83.7 Å². The molecule has 0 fully saturated rings. The number of hydrogen-bond acceptors (Lipinski definition) is 6. The summed E-state index contributed by atoms with van der Waals surface area (Å²) in [6.45, 7) is 3.56. The third-order valence-corrected chi connectivity index (χ3v) is 6.94. The SMILES string of the molecule is CC[C@@H](c1nnnn1CCc1ccccc1)N(Cc1ccc(F)cc1)Cc1cc2ccc(OC)cc2[nH]c1=O. The molecule has 0 radical (unpaired) electrons. The van der Waals surface area contributed by atoms with Crippen LogP contribution < -0.4 is 10.3 Å². The van der Waals surface area contributed by atoms with E-state index in [2.05, 4.69) is 44.5 Å². The molecule has 0 saturated heterocycles. The summed E-state index contributed by atoms with van der Waals surface area (Å²) in [5.74, 6) is 1.12. The predicted octanol–water partition coefficient (Wildman–Crippen LogP) is 5.06. The van der Waals surface area contributed by atoms with Crippen LogP contribution >= 0.6 is 0 Å². The van der Waals surface area contributed by atoms with E-state index in [1.807, 2.05) is 47.1 Å². The van der Waals surface area contributed by atoms with Gasteiger partial charge >= 0.3 is 0 Å². The smallest absolute Gasteiger partial charge is 0.252 e. The van der Waals surface area contributed by atoms with Crippen LogP contribution in [0.25, 0.3) is 10.9 Å². The molecule has 9 heteroatoms. The largest absolute Gasteiger partial charge is 0.497 e. The van der Waals surface area contributed by atoms with Crippen LogP contribution in [-0.2, 0) is 26.1 Å². The van der Waals surface area contributed by atoms with E-state index in [9.17, 15) is 9.18 Å². The third-order valence-electron chi connectivity index (χ3n) is 6.94. The second kappa shape index (κ2) is 12.0. The lowest BCUT2D eigenvalue weighted by Crippen LogP contribution is -2.32. The van der Waals surface area contributed by atoms with E-state index in [1.54, 1.807) is 19.2 Å². The van der Waals surface area contributed by atoms with E-state index in [1.165, 1.54) is 17.7 Å².